The number of aromatic nitrogens is 1. The van der Waals surface area contributed by atoms with Crippen LogP contribution in [0.3, 0.4) is 0 Å². The van der Waals surface area contributed by atoms with E-state index in [2.05, 4.69) is 40.0 Å². The number of carbonyl (C=O) groups excluding carboxylic acids is 1. The van der Waals surface area contributed by atoms with Crippen molar-refractivity contribution in [3.05, 3.63) is 90.3 Å². The molecule has 1 aliphatic heterocycles. The van der Waals surface area contributed by atoms with Crippen LogP contribution in [0.15, 0.2) is 84.2 Å². The molecular formula is C21H19N3O. The zero-order valence-corrected chi connectivity index (χ0v) is 14.0. The predicted molar refractivity (Wildman–Crippen MR) is 98.6 cm³/mol. The van der Waals surface area contributed by atoms with E-state index in [0.717, 1.165) is 28.9 Å². The molecule has 1 aromatic heterocycles. The molecule has 0 fully saturated rings. The standard InChI is InChI=1S/C21H19N3O/c1-16(25)24-21(17-8-3-2-4-9-17)15-20(22-24)18-10-7-11-19(14-18)23-12-5-6-13-23/h2-14,21H,15H2,1H3. The highest BCUT2D eigenvalue weighted by molar-refractivity contribution is 6.03. The smallest absolute Gasteiger partial charge is 0.240 e. The second kappa shape index (κ2) is 6.40. The summed E-state index contributed by atoms with van der Waals surface area (Å²) in [7, 11) is 0. The van der Waals surface area contributed by atoms with Crippen LogP contribution in [0, 0.1) is 0 Å². The Labute approximate surface area is 147 Å². The summed E-state index contributed by atoms with van der Waals surface area (Å²) in [6, 6.07) is 22.3. The maximum Gasteiger partial charge on any atom is 0.240 e. The predicted octanol–water partition coefficient (Wildman–Crippen LogP) is 4.17. The summed E-state index contributed by atoms with van der Waals surface area (Å²) in [4.78, 5) is 12.1. The quantitative estimate of drug-likeness (QED) is 0.710. The average Bonchev–Trinajstić information content (AvgIpc) is 3.33. The van der Waals surface area contributed by atoms with Crippen LogP contribution in [0.5, 0.6) is 0 Å². The lowest BCUT2D eigenvalue weighted by atomic mass is 9.98. The summed E-state index contributed by atoms with van der Waals surface area (Å²) in [5.74, 6) is -0.0367. The molecule has 2 heterocycles. The Hall–Kier alpha value is -3.14. The third kappa shape index (κ3) is 2.98. The fourth-order valence-electron chi connectivity index (χ4n) is 3.26. The number of amides is 1. The number of rotatable bonds is 3. The molecule has 0 spiro atoms. The number of hydrazone groups is 1. The van der Waals surface area contributed by atoms with Gasteiger partial charge in [0.05, 0.1) is 11.8 Å². The maximum absolute atomic E-state index is 12.1. The lowest BCUT2D eigenvalue weighted by molar-refractivity contribution is -0.130. The molecule has 0 N–H and O–H groups in total. The van der Waals surface area contributed by atoms with Crippen molar-refractivity contribution in [2.24, 2.45) is 5.10 Å². The lowest BCUT2D eigenvalue weighted by Gasteiger charge is -2.20. The molecule has 25 heavy (non-hydrogen) atoms. The molecule has 1 atom stereocenters. The largest absolute Gasteiger partial charge is 0.324 e. The minimum Gasteiger partial charge on any atom is -0.324 e. The van der Waals surface area contributed by atoms with E-state index >= 15 is 0 Å². The SMILES string of the molecule is CC(=O)N1N=C(c2cccc(-n3cccc3)c2)CC1c1ccccc1. The second-order valence-electron chi connectivity index (χ2n) is 6.18. The van der Waals surface area contributed by atoms with E-state index in [9.17, 15) is 4.79 Å². The van der Waals surface area contributed by atoms with Crippen LogP contribution in [-0.4, -0.2) is 21.2 Å². The normalized spacial score (nSPS) is 16.8. The molecule has 1 amide bonds. The molecule has 124 valence electrons. The van der Waals surface area contributed by atoms with Crippen molar-refractivity contribution in [3.63, 3.8) is 0 Å². The summed E-state index contributed by atoms with van der Waals surface area (Å²) >= 11 is 0. The van der Waals surface area contributed by atoms with E-state index in [-0.39, 0.29) is 11.9 Å². The van der Waals surface area contributed by atoms with Crippen molar-refractivity contribution in [1.82, 2.24) is 9.58 Å². The third-order valence-corrected chi connectivity index (χ3v) is 4.50. The molecule has 0 aliphatic carbocycles. The van der Waals surface area contributed by atoms with Crippen molar-refractivity contribution < 1.29 is 4.79 Å². The molecule has 1 aliphatic rings. The Morgan fingerprint density at radius 2 is 1.76 bits per heavy atom. The van der Waals surface area contributed by atoms with Crippen molar-refractivity contribution in [3.8, 4) is 5.69 Å². The maximum atomic E-state index is 12.1. The van der Waals surface area contributed by atoms with E-state index in [1.807, 2.05) is 48.8 Å². The summed E-state index contributed by atoms with van der Waals surface area (Å²) in [6.07, 6.45) is 4.76. The Kier molecular flexibility index (Phi) is 3.94. The molecule has 4 rings (SSSR count). The Morgan fingerprint density at radius 3 is 2.48 bits per heavy atom. The van der Waals surface area contributed by atoms with Crippen molar-refractivity contribution >= 4 is 11.6 Å². The van der Waals surface area contributed by atoms with Gasteiger partial charge in [0.25, 0.3) is 0 Å². The fraction of sp³-hybridized carbons (Fsp3) is 0.143. The molecule has 4 nitrogen and oxygen atoms in total. The zero-order valence-electron chi connectivity index (χ0n) is 14.0. The van der Waals surface area contributed by atoms with Crippen molar-refractivity contribution in [1.29, 1.82) is 0 Å². The lowest BCUT2D eigenvalue weighted by Crippen LogP contribution is -2.24. The van der Waals surface area contributed by atoms with Crippen molar-refractivity contribution in [2.45, 2.75) is 19.4 Å². The molecule has 0 bridgehead atoms. The van der Waals surface area contributed by atoms with Gasteiger partial charge in [0.2, 0.25) is 5.91 Å². The van der Waals surface area contributed by atoms with Gasteiger partial charge in [0, 0.05) is 31.4 Å². The van der Waals surface area contributed by atoms with E-state index < -0.39 is 0 Å². The van der Waals surface area contributed by atoms with Gasteiger partial charge >= 0.3 is 0 Å². The number of nitrogens with zero attached hydrogens (tertiary/aromatic N) is 3. The number of benzene rings is 2. The number of hydrogen-bond donors (Lipinski definition) is 0. The molecule has 2 aromatic carbocycles. The summed E-state index contributed by atoms with van der Waals surface area (Å²) in [5.41, 5.74) is 4.19. The van der Waals surface area contributed by atoms with E-state index in [0.29, 0.717) is 0 Å². The average molecular weight is 329 g/mol. The Bertz CT molecular complexity index is 913. The molecule has 1 unspecified atom stereocenters. The highest BCUT2D eigenvalue weighted by atomic mass is 16.2. The molecular weight excluding hydrogens is 310 g/mol. The van der Waals surface area contributed by atoms with Crippen LogP contribution in [0.2, 0.25) is 0 Å². The van der Waals surface area contributed by atoms with Gasteiger partial charge in [0.15, 0.2) is 0 Å². The van der Waals surface area contributed by atoms with Crippen LogP contribution < -0.4 is 0 Å². The third-order valence-electron chi connectivity index (χ3n) is 4.50. The van der Waals surface area contributed by atoms with Gasteiger partial charge in [0.1, 0.15) is 0 Å². The van der Waals surface area contributed by atoms with Crippen molar-refractivity contribution in [2.75, 3.05) is 0 Å². The van der Waals surface area contributed by atoms with Gasteiger partial charge in [-0.3, -0.25) is 4.79 Å². The molecule has 3 aromatic rings. The first-order valence-electron chi connectivity index (χ1n) is 8.38. The molecule has 0 saturated carbocycles. The first-order chi connectivity index (χ1) is 12.2. The molecule has 4 heteroatoms. The fourth-order valence-corrected chi connectivity index (χ4v) is 3.26. The Morgan fingerprint density at radius 1 is 1.00 bits per heavy atom. The first-order valence-corrected chi connectivity index (χ1v) is 8.38. The Balaban J connectivity index is 1.68. The van der Waals surface area contributed by atoms with Gasteiger partial charge < -0.3 is 4.57 Å². The monoisotopic (exact) mass is 329 g/mol. The minimum atomic E-state index is -0.0380. The molecule has 0 radical (unpaired) electrons. The minimum absolute atomic E-state index is 0.0367. The van der Waals surface area contributed by atoms with Crippen LogP contribution in [0.4, 0.5) is 0 Å². The topological polar surface area (TPSA) is 37.6 Å². The number of carbonyl (C=O) groups is 1. The van der Waals surface area contributed by atoms with E-state index in [1.165, 1.54) is 0 Å². The van der Waals surface area contributed by atoms with E-state index in [1.54, 1.807) is 11.9 Å². The van der Waals surface area contributed by atoms with Crippen LogP contribution in [-0.2, 0) is 4.79 Å². The van der Waals surface area contributed by atoms with Gasteiger partial charge in [-0.05, 0) is 35.4 Å². The summed E-state index contributed by atoms with van der Waals surface area (Å²) in [6.45, 7) is 1.57. The highest BCUT2D eigenvalue weighted by Crippen LogP contribution is 2.32. The first kappa shape index (κ1) is 15.4. The summed E-state index contributed by atoms with van der Waals surface area (Å²) in [5, 5.41) is 6.23. The summed E-state index contributed by atoms with van der Waals surface area (Å²) < 4.78 is 2.07. The van der Waals surface area contributed by atoms with Crippen LogP contribution in [0.25, 0.3) is 5.69 Å². The van der Waals surface area contributed by atoms with Gasteiger partial charge in [-0.25, -0.2) is 5.01 Å². The van der Waals surface area contributed by atoms with Gasteiger partial charge in [-0.15, -0.1) is 0 Å². The number of hydrogen-bond acceptors (Lipinski definition) is 2. The zero-order chi connectivity index (χ0) is 17.2. The van der Waals surface area contributed by atoms with E-state index in [4.69, 9.17) is 0 Å². The highest BCUT2D eigenvalue weighted by Gasteiger charge is 2.31. The second-order valence-corrected chi connectivity index (χ2v) is 6.18. The molecule has 0 saturated heterocycles. The van der Waals surface area contributed by atoms with Gasteiger partial charge in [-0.2, -0.15) is 5.10 Å². The van der Waals surface area contributed by atoms with Gasteiger partial charge in [-0.1, -0.05) is 42.5 Å². The van der Waals surface area contributed by atoms with Crippen LogP contribution >= 0.6 is 0 Å². The van der Waals surface area contributed by atoms with Crippen LogP contribution in [0.1, 0.15) is 30.5 Å².